The number of hydrogen-bond acceptors (Lipinski definition) is 5. The molecule has 1 amide bonds. The molecular formula is C26H33NO7. The van der Waals surface area contributed by atoms with E-state index in [0.29, 0.717) is 22.8 Å². The lowest BCUT2D eigenvalue weighted by Crippen LogP contribution is -2.50. The first-order valence-electron chi connectivity index (χ1n) is 11.3. The molecular weight excluding hydrogens is 438 g/mol. The maximum absolute atomic E-state index is 13.4. The standard InChI is InChI=1S/C26H33NO7/c1-6-7-12-19(27-24(33)34-25(3,4)5)20(28)15-26(22(29)30,23(31)32)21-16(2)13-14-17-10-8-9-11-18(17)21/h8-11,13-14,19H,6-7,12,15H2,1-5H3,(H,27,33)(H,29,30)(H,31,32). The summed E-state index contributed by atoms with van der Waals surface area (Å²) in [5, 5.41) is 24.1. The van der Waals surface area contributed by atoms with E-state index in [1.165, 1.54) is 0 Å². The Bertz CT molecular complexity index is 1070. The Hall–Kier alpha value is -3.42. The number of unbranched alkanes of at least 4 members (excludes halogenated alkanes) is 1. The predicted octanol–water partition coefficient (Wildman–Crippen LogP) is 4.60. The second-order valence-electron chi connectivity index (χ2n) is 9.48. The van der Waals surface area contributed by atoms with Gasteiger partial charge >= 0.3 is 18.0 Å². The fourth-order valence-corrected chi connectivity index (χ4v) is 4.05. The van der Waals surface area contributed by atoms with Crippen molar-refractivity contribution < 1.29 is 34.1 Å². The number of amides is 1. The molecule has 2 aromatic carbocycles. The maximum Gasteiger partial charge on any atom is 0.408 e. The molecule has 1 atom stereocenters. The number of fused-ring (bicyclic) bond motifs is 1. The van der Waals surface area contributed by atoms with Crippen molar-refractivity contribution in [2.45, 2.75) is 77.4 Å². The van der Waals surface area contributed by atoms with Crippen molar-refractivity contribution in [3.8, 4) is 0 Å². The zero-order valence-corrected chi connectivity index (χ0v) is 20.3. The van der Waals surface area contributed by atoms with Gasteiger partial charge in [0, 0.05) is 6.42 Å². The zero-order valence-electron chi connectivity index (χ0n) is 20.3. The van der Waals surface area contributed by atoms with E-state index in [4.69, 9.17) is 4.74 Å². The minimum atomic E-state index is -2.53. The molecule has 2 aromatic rings. The summed E-state index contributed by atoms with van der Waals surface area (Å²) in [5.41, 5.74) is -2.82. The van der Waals surface area contributed by atoms with Gasteiger partial charge in [-0.05, 0) is 56.0 Å². The van der Waals surface area contributed by atoms with E-state index in [2.05, 4.69) is 5.32 Å². The van der Waals surface area contributed by atoms with Crippen LogP contribution in [0.1, 0.15) is 64.5 Å². The summed E-state index contributed by atoms with van der Waals surface area (Å²) in [4.78, 5) is 50.9. The van der Waals surface area contributed by atoms with Crippen LogP contribution in [-0.2, 0) is 24.5 Å². The van der Waals surface area contributed by atoms with Crippen LogP contribution in [0.15, 0.2) is 36.4 Å². The number of carbonyl (C=O) groups is 4. The molecule has 0 saturated heterocycles. The average Bonchev–Trinajstić information content (AvgIpc) is 2.73. The van der Waals surface area contributed by atoms with Gasteiger partial charge in [0.25, 0.3) is 0 Å². The van der Waals surface area contributed by atoms with E-state index in [0.717, 1.165) is 6.42 Å². The molecule has 8 nitrogen and oxygen atoms in total. The van der Waals surface area contributed by atoms with Crippen LogP contribution in [0.4, 0.5) is 4.79 Å². The summed E-state index contributed by atoms with van der Waals surface area (Å²) < 4.78 is 5.25. The Morgan fingerprint density at radius 1 is 1.00 bits per heavy atom. The predicted molar refractivity (Wildman–Crippen MR) is 128 cm³/mol. The molecule has 0 aliphatic rings. The van der Waals surface area contributed by atoms with E-state index in [-0.39, 0.29) is 12.0 Å². The topological polar surface area (TPSA) is 130 Å². The summed E-state index contributed by atoms with van der Waals surface area (Å²) in [7, 11) is 0. The van der Waals surface area contributed by atoms with E-state index < -0.39 is 47.3 Å². The van der Waals surface area contributed by atoms with Gasteiger partial charge in [-0.25, -0.2) is 4.79 Å². The lowest BCUT2D eigenvalue weighted by molar-refractivity contribution is -0.159. The first-order chi connectivity index (χ1) is 15.8. The summed E-state index contributed by atoms with van der Waals surface area (Å²) in [6.07, 6.45) is -0.105. The number of hydrogen-bond donors (Lipinski definition) is 3. The van der Waals surface area contributed by atoms with Gasteiger partial charge in [0.15, 0.2) is 11.2 Å². The quantitative estimate of drug-likeness (QED) is 0.432. The van der Waals surface area contributed by atoms with Crippen molar-refractivity contribution in [2.75, 3.05) is 0 Å². The smallest absolute Gasteiger partial charge is 0.408 e. The minimum absolute atomic E-state index is 0.0606. The minimum Gasteiger partial charge on any atom is -0.480 e. The van der Waals surface area contributed by atoms with Gasteiger partial charge in [0.1, 0.15) is 5.60 Å². The van der Waals surface area contributed by atoms with Crippen molar-refractivity contribution in [3.63, 3.8) is 0 Å². The molecule has 0 aliphatic carbocycles. The third-order valence-electron chi connectivity index (χ3n) is 5.66. The van der Waals surface area contributed by atoms with Crippen LogP contribution in [0.3, 0.4) is 0 Å². The molecule has 0 fully saturated rings. The number of nitrogens with one attached hydrogen (secondary N) is 1. The lowest BCUT2D eigenvalue weighted by Gasteiger charge is -2.30. The molecule has 0 aliphatic heterocycles. The Kier molecular flexibility index (Phi) is 8.42. The third kappa shape index (κ3) is 5.92. The summed E-state index contributed by atoms with van der Waals surface area (Å²) in [5.74, 6) is -3.96. The molecule has 1 unspecified atom stereocenters. The van der Waals surface area contributed by atoms with Crippen molar-refractivity contribution in [1.29, 1.82) is 0 Å². The number of aliphatic carboxylic acids is 2. The highest BCUT2D eigenvalue weighted by atomic mass is 16.6. The summed E-state index contributed by atoms with van der Waals surface area (Å²) >= 11 is 0. The molecule has 0 heterocycles. The number of benzene rings is 2. The lowest BCUT2D eigenvalue weighted by atomic mass is 9.71. The van der Waals surface area contributed by atoms with Gasteiger partial charge in [-0.3, -0.25) is 14.4 Å². The molecule has 2 rings (SSSR count). The van der Waals surface area contributed by atoms with E-state index in [1.54, 1.807) is 64.1 Å². The number of Topliss-reactive ketones (excluding diaryl/α,β-unsaturated/α-hetero) is 1. The summed E-state index contributed by atoms with van der Waals surface area (Å²) in [6.45, 7) is 8.57. The highest BCUT2D eigenvalue weighted by Gasteiger charge is 2.52. The molecule has 0 radical (unpaired) electrons. The first kappa shape index (κ1) is 26.8. The Labute approximate surface area is 199 Å². The first-order valence-corrected chi connectivity index (χ1v) is 11.3. The van der Waals surface area contributed by atoms with Crippen LogP contribution < -0.4 is 5.32 Å². The number of ether oxygens (including phenoxy) is 1. The zero-order chi connectivity index (χ0) is 25.7. The van der Waals surface area contributed by atoms with Gasteiger partial charge in [-0.2, -0.15) is 0 Å². The second-order valence-corrected chi connectivity index (χ2v) is 9.48. The molecule has 34 heavy (non-hydrogen) atoms. The molecule has 0 spiro atoms. The number of alkyl carbamates (subject to hydrolysis) is 1. The molecule has 0 bridgehead atoms. The average molecular weight is 472 g/mol. The van der Waals surface area contributed by atoms with E-state index >= 15 is 0 Å². The Balaban J connectivity index is 2.57. The number of carbonyl (C=O) groups excluding carboxylic acids is 2. The monoisotopic (exact) mass is 471 g/mol. The SMILES string of the molecule is CCCCC(NC(=O)OC(C)(C)C)C(=O)CC(C(=O)O)(C(=O)O)c1c(C)ccc2ccccc12. The normalized spacial score (nSPS) is 12.7. The van der Waals surface area contributed by atoms with Crippen LogP contribution in [0.5, 0.6) is 0 Å². The van der Waals surface area contributed by atoms with Crippen molar-refractivity contribution >= 4 is 34.6 Å². The molecule has 8 heteroatoms. The number of ketones is 1. The second kappa shape index (κ2) is 10.7. The van der Waals surface area contributed by atoms with Crippen molar-refractivity contribution in [1.82, 2.24) is 5.32 Å². The molecule has 3 N–H and O–H groups in total. The number of carboxylic acid groups (broad SMARTS) is 2. The fourth-order valence-electron chi connectivity index (χ4n) is 4.05. The van der Waals surface area contributed by atoms with Gasteiger partial charge in [-0.1, -0.05) is 56.2 Å². The van der Waals surface area contributed by atoms with Crippen LogP contribution in [0, 0.1) is 6.92 Å². The number of rotatable bonds is 10. The number of carboxylic acids is 2. The fraction of sp³-hybridized carbons (Fsp3) is 0.462. The van der Waals surface area contributed by atoms with Crippen LogP contribution >= 0.6 is 0 Å². The van der Waals surface area contributed by atoms with E-state index in [9.17, 15) is 29.4 Å². The highest BCUT2D eigenvalue weighted by Crippen LogP contribution is 2.38. The van der Waals surface area contributed by atoms with Crippen LogP contribution in [0.2, 0.25) is 0 Å². The highest BCUT2D eigenvalue weighted by molar-refractivity contribution is 6.12. The molecule has 184 valence electrons. The van der Waals surface area contributed by atoms with Crippen LogP contribution in [-0.4, -0.2) is 45.7 Å². The largest absolute Gasteiger partial charge is 0.480 e. The van der Waals surface area contributed by atoms with Crippen LogP contribution in [0.25, 0.3) is 10.8 Å². The van der Waals surface area contributed by atoms with Gasteiger partial charge < -0.3 is 20.3 Å². The Morgan fingerprint density at radius 3 is 2.18 bits per heavy atom. The maximum atomic E-state index is 13.4. The Morgan fingerprint density at radius 2 is 1.62 bits per heavy atom. The van der Waals surface area contributed by atoms with Crippen molar-refractivity contribution in [3.05, 3.63) is 47.5 Å². The molecule has 0 saturated carbocycles. The van der Waals surface area contributed by atoms with Gasteiger partial charge in [0.05, 0.1) is 6.04 Å². The summed E-state index contributed by atoms with van der Waals surface area (Å²) in [6, 6.07) is 9.20. The third-order valence-corrected chi connectivity index (χ3v) is 5.66. The molecule has 0 aromatic heterocycles. The number of aryl methyl sites for hydroxylation is 1. The van der Waals surface area contributed by atoms with E-state index in [1.807, 2.05) is 6.92 Å². The van der Waals surface area contributed by atoms with Gasteiger partial charge in [-0.15, -0.1) is 0 Å². The van der Waals surface area contributed by atoms with Gasteiger partial charge in [0.2, 0.25) is 0 Å². The van der Waals surface area contributed by atoms with Crippen molar-refractivity contribution in [2.24, 2.45) is 0 Å².